The zero-order valence-corrected chi connectivity index (χ0v) is 14.5. The van der Waals surface area contributed by atoms with Crippen molar-refractivity contribution in [3.05, 3.63) is 16.1 Å². The summed E-state index contributed by atoms with van der Waals surface area (Å²) in [6.45, 7) is 6.02. The minimum Gasteiger partial charge on any atom is -0.375 e. The van der Waals surface area contributed by atoms with Crippen LogP contribution in [-0.2, 0) is 16.1 Å². The Labute approximate surface area is 136 Å². The van der Waals surface area contributed by atoms with Crippen molar-refractivity contribution in [3.63, 3.8) is 0 Å². The molecule has 3 unspecified atom stereocenters. The molecule has 0 spiro atoms. The number of aromatic nitrogens is 1. The van der Waals surface area contributed by atoms with E-state index in [1.807, 2.05) is 26.2 Å². The molecule has 5 nitrogen and oxygen atoms in total. The van der Waals surface area contributed by atoms with Crippen molar-refractivity contribution in [2.45, 2.75) is 39.5 Å². The highest BCUT2D eigenvalue weighted by atomic mass is 35.5. The van der Waals surface area contributed by atoms with Crippen LogP contribution in [0.2, 0.25) is 0 Å². The number of hydrogen-bond donors (Lipinski definition) is 2. The van der Waals surface area contributed by atoms with E-state index in [4.69, 9.17) is 10.5 Å². The number of ether oxygens (including phenoxy) is 1. The predicted molar refractivity (Wildman–Crippen MR) is 86.7 cm³/mol. The zero-order chi connectivity index (χ0) is 13.7. The monoisotopic (exact) mass is 343 g/mol. The standard InChI is InChI=1S/C12H21N3O2S.2ClH/c1-7(8(2)13)11(16)14-5-10-6-18-12(15-10)9(3)17-4;;/h6-9H,5,13H2,1-4H3,(H,14,16);2*1H. The van der Waals surface area contributed by atoms with Crippen molar-refractivity contribution < 1.29 is 9.53 Å². The molecule has 0 aromatic carbocycles. The zero-order valence-electron chi connectivity index (χ0n) is 12.1. The highest BCUT2D eigenvalue weighted by Gasteiger charge is 2.17. The number of halogens is 2. The van der Waals surface area contributed by atoms with Crippen molar-refractivity contribution >= 4 is 42.1 Å². The molecule has 0 radical (unpaired) electrons. The lowest BCUT2D eigenvalue weighted by Gasteiger charge is -2.14. The minimum absolute atomic E-state index is 0. The van der Waals surface area contributed by atoms with E-state index in [9.17, 15) is 4.79 Å². The second-order valence-corrected chi connectivity index (χ2v) is 5.31. The maximum absolute atomic E-state index is 11.7. The molecule has 0 bridgehead atoms. The van der Waals surface area contributed by atoms with Gasteiger partial charge in [-0.3, -0.25) is 4.79 Å². The summed E-state index contributed by atoms with van der Waals surface area (Å²) in [6, 6.07) is -0.149. The number of carbonyl (C=O) groups is 1. The fourth-order valence-corrected chi connectivity index (χ4v) is 2.12. The number of carbonyl (C=O) groups excluding carboxylic acids is 1. The van der Waals surface area contributed by atoms with Gasteiger partial charge < -0.3 is 15.8 Å². The van der Waals surface area contributed by atoms with Gasteiger partial charge in [-0.25, -0.2) is 4.98 Å². The number of nitrogens with zero attached hydrogens (tertiary/aromatic N) is 1. The van der Waals surface area contributed by atoms with Gasteiger partial charge in [0.2, 0.25) is 5.91 Å². The molecular weight excluding hydrogens is 321 g/mol. The summed E-state index contributed by atoms with van der Waals surface area (Å²) in [5.41, 5.74) is 6.53. The Morgan fingerprint density at radius 3 is 2.55 bits per heavy atom. The first-order valence-corrected chi connectivity index (χ1v) is 6.84. The van der Waals surface area contributed by atoms with E-state index in [2.05, 4.69) is 10.3 Å². The molecule has 1 aromatic rings. The molecule has 8 heteroatoms. The van der Waals surface area contributed by atoms with Crippen LogP contribution < -0.4 is 11.1 Å². The van der Waals surface area contributed by atoms with Gasteiger partial charge in [0.25, 0.3) is 0 Å². The van der Waals surface area contributed by atoms with E-state index in [1.165, 1.54) is 11.3 Å². The van der Waals surface area contributed by atoms with Gasteiger partial charge >= 0.3 is 0 Å². The fraction of sp³-hybridized carbons (Fsp3) is 0.667. The summed E-state index contributed by atoms with van der Waals surface area (Å²) >= 11 is 1.54. The predicted octanol–water partition coefficient (Wildman–Crippen LogP) is 2.29. The molecule has 1 rings (SSSR count). The number of rotatable bonds is 6. The average Bonchev–Trinajstić information content (AvgIpc) is 2.82. The third-order valence-electron chi connectivity index (χ3n) is 2.92. The molecule has 3 N–H and O–H groups in total. The molecule has 1 aromatic heterocycles. The first-order chi connectivity index (χ1) is 8.45. The molecule has 0 aliphatic heterocycles. The lowest BCUT2D eigenvalue weighted by Crippen LogP contribution is -2.38. The lowest BCUT2D eigenvalue weighted by molar-refractivity contribution is -0.125. The van der Waals surface area contributed by atoms with Crippen LogP contribution in [-0.4, -0.2) is 24.0 Å². The average molecular weight is 344 g/mol. The first-order valence-electron chi connectivity index (χ1n) is 5.96. The van der Waals surface area contributed by atoms with Gasteiger partial charge in [0.05, 0.1) is 12.2 Å². The van der Waals surface area contributed by atoms with Gasteiger partial charge in [-0.15, -0.1) is 36.2 Å². The van der Waals surface area contributed by atoms with Crippen molar-refractivity contribution in [1.29, 1.82) is 0 Å². The largest absolute Gasteiger partial charge is 0.375 e. The smallest absolute Gasteiger partial charge is 0.224 e. The van der Waals surface area contributed by atoms with E-state index in [1.54, 1.807) is 7.11 Å². The lowest BCUT2D eigenvalue weighted by atomic mass is 10.0. The maximum Gasteiger partial charge on any atom is 0.224 e. The molecule has 0 saturated heterocycles. The van der Waals surface area contributed by atoms with Gasteiger partial charge in [-0.1, -0.05) is 6.92 Å². The van der Waals surface area contributed by atoms with Crippen LogP contribution in [0.3, 0.4) is 0 Å². The van der Waals surface area contributed by atoms with Crippen LogP contribution in [0.25, 0.3) is 0 Å². The Bertz CT molecular complexity index is 402. The van der Waals surface area contributed by atoms with Crippen LogP contribution in [0.4, 0.5) is 0 Å². The second-order valence-electron chi connectivity index (χ2n) is 4.42. The summed E-state index contributed by atoms with van der Waals surface area (Å²) in [7, 11) is 1.65. The summed E-state index contributed by atoms with van der Waals surface area (Å²) in [5.74, 6) is -0.236. The number of amides is 1. The molecule has 0 aliphatic carbocycles. The molecule has 3 atom stereocenters. The van der Waals surface area contributed by atoms with E-state index in [-0.39, 0.29) is 48.8 Å². The van der Waals surface area contributed by atoms with Gasteiger partial charge in [0, 0.05) is 24.4 Å². The molecule has 1 heterocycles. The van der Waals surface area contributed by atoms with Crippen LogP contribution in [0.5, 0.6) is 0 Å². The summed E-state index contributed by atoms with van der Waals surface area (Å²) in [4.78, 5) is 16.1. The number of thiazole rings is 1. The third kappa shape index (κ3) is 6.37. The normalized spacial score (nSPS) is 14.4. The SMILES string of the molecule is COC(C)c1nc(CNC(=O)C(C)C(C)N)cs1.Cl.Cl. The summed E-state index contributed by atoms with van der Waals surface area (Å²) in [6.07, 6.45) is -0.0116. The van der Waals surface area contributed by atoms with Gasteiger partial charge in [0.1, 0.15) is 11.1 Å². The van der Waals surface area contributed by atoms with E-state index < -0.39 is 0 Å². The number of methoxy groups -OCH3 is 1. The highest BCUT2D eigenvalue weighted by molar-refractivity contribution is 7.09. The van der Waals surface area contributed by atoms with E-state index in [0.29, 0.717) is 6.54 Å². The minimum atomic E-state index is -0.194. The summed E-state index contributed by atoms with van der Waals surface area (Å²) < 4.78 is 5.19. The van der Waals surface area contributed by atoms with Gasteiger partial charge in [0.15, 0.2) is 0 Å². The fourth-order valence-electron chi connectivity index (χ4n) is 1.27. The molecule has 1 amide bonds. The van der Waals surface area contributed by atoms with Crippen molar-refractivity contribution in [1.82, 2.24) is 10.3 Å². The van der Waals surface area contributed by atoms with Gasteiger partial charge in [-0.2, -0.15) is 0 Å². The molecule has 20 heavy (non-hydrogen) atoms. The van der Waals surface area contributed by atoms with Crippen molar-refractivity contribution in [2.24, 2.45) is 11.7 Å². The molecule has 0 aliphatic rings. The highest BCUT2D eigenvalue weighted by Crippen LogP contribution is 2.20. The number of nitrogens with two attached hydrogens (primary N) is 1. The topological polar surface area (TPSA) is 77.2 Å². The first kappa shape index (κ1) is 21.9. The van der Waals surface area contributed by atoms with E-state index >= 15 is 0 Å². The molecule has 118 valence electrons. The molecule has 0 saturated carbocycles. The Balaban J connectivity index is 0. The van der Waals surface area contributed by atoms with Crippen LogP contribution in [0.1, 0.15) is 37.6 Å². The summed E-state index contributed by atoms with van der Waals surface area (Å²) in [5, 5.41) is 5.69. The van der Waals surface area contributed by atoms with Crippen molar-refractivity contribution in [2.75, 3.05) is 7.11 Å². The number of nitrogens with one attached hydrogen (secondary N) is 1. The van der Waals surface area contributed by atoms with Crippen molar-refractivity contribution in [3.8, 4) is 0 Å². The van der Waals surface area contributed by atoms with E-state index in [0.717, 1.165) is 10.7 Å². The van der Waals surface area contributed by atoms with Crippen LogP contribution in [0, 0.1) is 5.92 Å². The maximum atomic E-state index is 11.7. The Morgan fingerprint density at radius 2 is 2.05 bits per heavy atom. The third-order valence-corrected chi connectivity index (χ3v) is 3.97. The second kappa shape index (κ2) is 10.3. The van der Waals surface area contributed by atoms with Gasteiger partial charge in [-0.05, 0) is 13.8 Å². The Hall–Kier alpha value is -0.400. The number of hydrogen-bond acceptors (Lipinski definition) is 5. The van der Waals surface area contributed by atoms with Crippen LogP contribution in [0.15, 0.2) is 5.38 Å². The Morgan fingerprint density at radius 1 is 1.45 bits per heavy atom. The molecular formula is C12H23Cl2N3O2S. The Kier molecular flexibility index (Phi) is 11.3. The van der Waals surface area contributed by atoms with Crippen LogP contribution >= 0.6 is 36.2 Å². The quantitative estimate of drug-likeness (QED) is 0.830. The molecule has 0 fully saturated rings.